The van der Waals surface area contributed by atoms with Crippen LogP contribution in [0.1, 0.15) is 278 Å². The number of esters is 3. The van der Waals surface area contributed by atoms with E-state index < -0.39 is 6.10 Å². The van der Waals surface area contributed by atoms with E-state index in [1.165, 1.54) is 89.9 Å². The molecule has 0 bridgehead atoms. The molecule has 83 heavy (non-hydrogen) atoms. The largest absolute Gasteiger partial charge is 0.462 e. The fourth-order valence-electron chi connectivity index (χ4n) is 8.66. The molecule has 6 nitrogen and oxygen atoms in total. The van der Waals surface area contributed by atoms with Crippen LogP contribution in [0, 0.1) is 0 Å². The molecular weight excluding hydrogens is 1020 g/mol. The van der Waals surface area contributed by atoms with Gasteiger partial charge in [0.2, 0.25) is 0 Å². The van der Waals surface area contributed by atoms with Gasteiger partial charge in [-0.3, -0.25) is 14.4 Å². The van der Waals surface area contributed by atoms with Gasteiger partial charge in [0.1, 0.15) is 13.2 Å². The molecule has 6 heteroatoms. The van der Waals surface area contributed by atoms with E-state index in [0.29, 0.717) is 19.3 Å². The fraction of sp³-hybridized carbons (Fsp3) is 0.597. The van der Waals surface area contributed by atoms with E-state index in [2.05, 4.69) is 191 Å². The van der Waals surface area contributed by atoms with Gasteiger partial charge < -0.3 is 14.2 Å². The molecule has 0 saturated carbocycles. The first-order valence-corrected chi connectivity index (χ1v) is 33.6. The third-order valence-electron chi connectivity index (χ3n) is 13.7. The smallest absolute Gasteiger partial charge is 0.306 e. The van der Waals surface area contributed by atoms with Gasteiger partial charge in [-0.05, 0) is 154 Å². The third kappa shape index (κ3) is 67.4. The van der Waals surface area contributed by atoms with Crippen molar-refractivity contribution in [1.29, 1.82) is 0 Å². The Labute approximate surface area is 511 Å². The fourth-order valence-corrected chi connectivity index (χ4v) is 8.66. The topological polar surface area (TPSA) is 78.9 Å². The zero-order valence-corrected chi connectivity index (χ0v) is 53.4. The second-order valence-electron chi connectivity index (χ2n) is 21.6. The molecule has 0 aliphatic heterocycles. The number of ether oxygens (including phenoxy) is 3. The predicted molar refractivity (Wildman–Crippen MR) is 361 cm³/mol. The van der Waals surface area contributed by atoms with Crippen LogP contribution >= 0.6 is 0 Å². The molecule has 466 valence electrons. The van der Waals surface area contributed by atoms with Crippen molar-refractivity contribution < 1.29 is 28.6 Å². The van der Waals surface area contributed by atoms with Crippen molar-refractivity contribution in [2.45, 2.75) is 284 Å². The molecule has 0 N–H and O–H groups in total. The van der Waals surface area contributed by atoms with Crippen LogP contribution in [0.2, 0.25) is 0 Å². The highest BCUT2D eigenvalue weighted by atomic mass is 16.6. The summed E-state index contributed by atoms with van der Waals surface area (Å²) in [7, 11) is 0. The van der Waals surface area contributed by atoms with Crippen molar-refractivity contribution in [2.24, 2.45) is 0 Å². The Morgan fingerprint density at radius 1 is 0.253 bits per heavy atom. The molecule has 1 unspecified atom stereocenters. The number of carbonyl (C=O) groups excluding carboxylic acids is 3. The van der Waals surface area contributed by atoms with E-state index in [4.69, 9.17) is 14.2 Å². The Morgan fingerprint density at radius 2 is 0.482 bits per heavy atom. The molecule has 0 aromatic carbocycles. The van der Waals surface area contributed by atoms with Crippen LogP contribution in [0.5, 0.6) is 0 Å². The van der Waals surface area contributed by atoms with Crippen LogP contribution in [0.4, 0.5) is 0 Å². The van der Waals surface area contributed by atoms with Crippen molar-refractivity contribution in [3.05, 3.63) is 170 Å². The molecule has 0 amide bonds. The number of hydrogen-bond acceptors (Lipinski definition) is 6. The van der Waals surface area contributed by atoms with Crippen molar-refractivity contribution in [1.82, 2.24) is 0 Å². The SMILES string of the molecule is CC/C=C\C/C=C\C/C=C\C/C=C\C/C=C\C/C=C\C/C=C\C/C=C\C/C=C\CCCC(=O)OCC(COC(=O)CCCCCCCCC/C=C\C/C=C\CCCCC)OC(=O)CCCCCCCC/C=C\C/C=C\C/C=C\CCCCC. The van der Waals surface area contributed by atoms with Crippen LogP contribution in [-0.2, 0) is 28.6 Å². The lowest BCUT2D eigenvalue weighted by molar-refractivity contribution is -0.167. The average molecular weight is 1140 g/mol. The normalized spacial score (nSPS) is 13.2. The standard InChI is InChI=1S/C77H122O6/c1-4-7-10-13-16-19-22-25-28-31-33-34-35-36-37-38-39-40-41-42-44-46-49-52-55-58-61-64-67-70-76(79)82-73-74(72-81-75(78)69-66-63-60-57-54-51-48-45-30-27-24-21-18-15-12-9-6-3)83-77(80)71-68-65-62-59-56-53-50-47-43-32-29-26-23-20-17-14-11-8-5-2/h7,10,16-21,25-30,33-34,36-37,39-40,42-44,47,49,52,58,61,74H,4-6,8-9,11-15,22-24,31-32,35,38,41,45-46,48,50-51,53-57,59-60,62-73H2,1-3H3/b10-7-,19-16-,20-17-,21-18-,28-25-,29-26-,30-27-,34-33-,37-36-,40-39-,44-42-,47-43-,52-49-,61-58-. The van der Waals surface area contributed by atoms with E-state index in [0.717, 1.165) is 141 Å². The van der Waals surface area contributed by atoms with E-state index in [1.54, 1.807) is 0 Å². The summed E-state index contributed by atoms with van der Waals surface area (Å²) in [4.78, 5) is 38.4. The van der Waals surface area contributed by atoms with Crippen LogP contribution in [-0.4, -0.2) is 37.2 Å². The first-order chi connectivity index (χ1) is 41.0. The highest BCUT2D eigenvalue weighted by molar-refractivity contribution is 5.71. The summed E-state index contributed by atoms with van der Waals surface area (Å²) in [6.07, 6.45) is 102. The lowest BCUT2D eigenvalue weighted by atomic mass is 10.1. The third-order valence-corrected chi connectivity index (χ3v) is 13.7. The highest BCUT2D eigenvalue weighted by Gasteiger charge is 2.19. The van der Waals surface area contributed by atoms with Crippen molar-refractivity contribution >= 4 is 17.9 Å². The van der Waals surface area contributed by atoms with Crippen molar-refractivity contribution in [2.75, 3.05) is 13.2 Å². The van der Waals surface area contributed by atoms with Gasteiger partial charge in [0.05, 0.1) is 0 Å². The summed E-state index contributed by atoms with van der Waals surface area (Å²) in [5.41, 5.74) is 0. The first kappa shape index (κ1) is 77.8. The van der Waals surface area contributed by atoms with E-state index in [9.17, 15) is 14.4 Å². The number of rotatable bonds is 59. The Balaban J connectivity index is 4.53. The minimum absolute atomic E-state index is 0.113. The van der Waals surface area contributed by atoms with Gasteiger partial charge in [-0.1, -0.05) is 274 Å². The summed E-state index contributed by atoms with van der Waals surface area (Å²) in [6, 6.07) is 0. The molecule has 0 aromatic rings. The molecule has 0 rings (SSSR count). The summed E-state index contributed by atoms with van der Waals surface area (Å²) < 4.78 is 16.9. The zero-order chi connectivity index (χ0) is 59.9. The maximum atomic E-state index is 12.9. The lowest BCUT2D eigenvalue weighted by Gasteiger charge is -2.18. The van der Waals surface area contributed by atoms with Crippen molar-refractivity contribution in [3.63, 3.8) is 0 Å². The maximum Gasteiger partial charge on any atom is 0.306 e. The second-order valence-corrected chi connectivity index (χ2v) is 21.6. The predicted octanol–water partition coefficient (Wildman–Crippen LogP) is 23.4. The lowest BCUT2D eigenvalue weighted by Crippen LogP contribution is -2.30. The van der Waals surface area contributed by atoms with Crippen molar-refractivity contribution in [3.8, 4) is 0 Å². The molecular formula is C77H122O6. The molecule has 1 atom stereocenters. The second kappa shape index (κ2) is 69.3. The van der Waals surface area contributed by atoms with Gasteiger partial charge in [-0.15, -0.1) is 0 Å². The van der Waals surface area contributed by atoms with Crippen LogP contribution in [0.3, 0.4) is 0 Å². The average Bonchev–Trinajstić information content (AvgIpc) is 3.49. The van der Waals surface area contributed by atoms with Gasteiger partial charge >= 0.3 is 17.9 Å². The molecule has 0 aromatic heterocycles. The number of unbranched alkanes of at least 4 members (excludes halogenated alkanes) is 20. The van der Waals surface area contributed by atoms with Gasteiger partial charge in [0.25, 0.3) is 0 Å². The molecule has 0 heterocycles. The molecule has 0 saturated heterocycles. The highest BCUT2D eigenvalue weighted by Crippen LogP contribution is 2.14. The van der Waals surface area contributed by atoms with Gasteiger partial charge in [0.15, 0.2) is 6.10 Å². The summed E-state index contributed by atoms with van der Waals surface area (Å²) in [6.45, 7) is 6.41. The Bertz CT molecular complexity index is 1890. The summed E-state index contributed by atoms with van der Waals surface area (Å²) in [5, 5.41) is 0. The number of hydrogen-bond donors (Lipinski definition) is 0. The Kier molecular flexibility index (Phi) is 64.9. The zero-order valence-electron chi connectivity index (χ0n) is 53.4. The summed E-state index contributed by atoms with van der Waals surface area (Å²) >= 11 is 0. The van der Waals surface area contributed by atoms with E-state index in [-0.39, 0.29) is 37.5 Å². The van der Waals surface area contributed by atoms with E-state index in [1.807, 2.05) is 0 Å². The minimum Gasteiger partial charge on any atom is -0.462 e. The molecule has 0 radical (unpaired) electrons. The molecule has 0 aliphatic carbocycles. The molecule has 0 aliphatic rings. The van der Waals surface area contributed by atoms with Crippen LogP contribution < -0.4 is 0 Å². The quantitative estimate of drug-likeness (QED) is 0.0261. The Hall–Kier alpha value is -5.23. The first-order valence-electron chi connectivity index (χ1n) is 33.6. The van der Waals surface area contributed by atoms with Crippen LogP contribution in [0.15, 0.2) is 170 Å². The Morgan fingerprint density at radius 3 is 0.783 bits per heavy atom. The molecule has 0 spiro atoms. The maximum absolute atomic E-state index is 12.9. The summed E-state index contributed by atoms with van der Waals surface area (Å²) in [5.74, 6) is -0.997. The monoisotopic (exact) mass is 1140 g/mol. The molecule has 0 fully saturated rings. The van der Waals surface area contributed by atoms with Gasteiger partial charge in [-0.2, -0.15) is 0 Å². The van der Waals surface area contributed by atoms with E-state index >= 15 is 0 Å². The number of allylic oxidation sites excluding steroid dienone is 28. The van der Waals surface area contributed by atoms with Gasteiger partial charge in [-0.25, -0.2) is 0 Å². The number of carbonyl (C=O) groups is 3. The minimum atomic E-state index is -0.823. The van der Waals surface area contributed by atoms with Crippen LogP contribution in [0.25, 0.3) is 0 Å². The van der Waals surface area contributed by atoms with Gasteiger partial charge in [0, 0.05) is 19.3 Å².